The van der Waals surface area contributed by atoms with E-state index >= 15 is 0 Å². The minimum absolute atomic E-state index is 0.213. The lowest BCUT2D eigenvalue weighted by Gasteiger charge is -2.14. The monoisotopic (exact) mass is 304 g/mol. The van der Waals surface area contributed by atoms with Crippen LogP contribution in [0, 0.1) is 18.6 Å². The molecule has 0 bridgehead atoms. The molecule has 2 aromatic carbocycles. The lowest BCUT2D eigenvalue weighted by atomic mass is 10.1. The molecule has 0 spiro atoms. The van der Waals surface area contributed by atoms with Crippen molar-refractivity contribution in [1.82, 2.24) is 0 Å². The molecule has 0 aliphatic heterocycles. The van der Waals surface area contributed by atoms with E-state index < -0.39 is 11.6 Å². The quantitative estimate of drug-likeness (QED) is 0.880. The highest BCUT2D eigenvalue weighted by Gasteiger charge is 2.11. The number of rotatable bonds is 5. The summed E-state index contributed by atoms with van der Waals surface area (Å²) in [6, 6.07) is 9.32. The van der Waals surface area contributed by atoms with Crippen LogP contribution in [0.2, 0.25) is 0 Å². The highest BCUT2D eigenvalue weighted by molar-refractivity contribution is 5.95. The molecule has 2 aromatic rings. The number of carbonyl (C=O) groups is 1. The summed E-state index contributed by atoms with van der Waals surface area (Å²) in [5.74, 6) is -1.80. The minimum Gasteiger partial charge on any atom is -0.371 e. The molecule has 0 fully saturated rings. The zero-order chi connectivity index (χ0) is 16.1. The normalized spacial score (nSPS) is 10.4. The Morgan fingerprint density at radius 1 is 1.05 bits per heavy atom. The number of benzene rings is 2. The van der Waals surface area contributed by atoms with Crippen molar-refractivity contribution in [3.63, 3.8) is 0 Å². The van der Waals surface area contributed by atoms with Crippen molar-refractivity contribution in [2.24, 2.45) is 0 Å². The number of aryl methyl sites for hydroxylation is 2. The van der Waals surface area contributed by atoms with Gasteiger partial charge in [0.15, 0.2) is 0 Å². The molecule has 3 nitrogen and oxygen atoms in total. The van der Waals surface area contributed by atoms with Crippen molar-refractivity contribution in [3.05, 3.63) is 59.2 Å². The van der Waals surface area contributed by atoms with Crippen molar-refractivity contribution in [1.29, 1.82) is 0 Å². The zero-order valence-corrected chi connectivity index (χ0v) is 12.5. The second kappa shape index (κ2) is 7.02. The maximum Gasteiger partial charge on any atom is 0.243 e. The number of para-hydroxylation sites is 2. The molecule has 0 heterocycles. The Labute approximate surface area is 128 Å². The van der Waals surface area contributed by atoms with Gasteiger partial charge in [-0.05, 0) is 36.6 Å². The van der Waals surface area contributed by atoms with Gasteiger partial charge in [-0.25, -0.2) is 8.78 Å². The first-order valence-corrected chi connectivity index (χ1v) is 7.09. The van der Waals surface area contributed by atoms with Gasteiger partial charge in [-0.3, -0.25) is 4.79 Å². The van der Waals surface area contributed by atoms with Gasteiger partial charge in [0, 0.05) is 5.69 Å². The second-order valence-electron chi connectivity index (χ2n) is 4.96. The van der Waals surface area contributed by atoms with Crippen LogP contribution in [0.15, 0.2) is 36.4 Å². The van der Waals surface area contributed by atoms with E-state index in [-0.39, 0.29) is 18.1 Å². The third-order valence-electron chi connectivity index (χ3n) is 3.39. The fourth-order valence-corrected chi connectivity index (χ4v) is 2.22. The second-order valence-corrected chi connectivity index (χ2v) is 4.96. The molecule has 0 aliphatic carbocycles. The highest BCUT2D eigenvalue weighted by atomic mass is 19.1. The van der Waals surface area contributed by atoms with Gasteiger partial charge in [0.1, 0.15) is 17.3 Å². The molecule has 0 saturated carbocycles. The van der Waals surface area contributed by atoms with Crippen LogP contribution in [0.4, 0.5) is 20.2 Å². The summed E-state index contributed by atoms with van der Waals surface area (Å²) in [5, 5.41) is 5.29. The number of nitrogens with one attached hydrogen (secondary N) is 2. The SMILES string of the molecule is CCc1cccc(C)c1NC(=O)CNc1c(F)cccc1F. The summed E-state index contributed by atoms with van der Waals surface area (Å²) in [5.41, 5.74) is 2.43. The van der Waals surface area contributed by atoms with E-state index in [4.69, 9.17) is 0 Å². The Kier molecular flexibility index (Phi) is 5.09. The van der Waals surface area contributed by atoms with Crippen LogP contribution in [-0.4, -0.2) is 12.5 Å². The van der Waals surface area contributed by atoms with Gasteiger partial charge in [0.05, 0.1) is 6.54 Å². The Balaban J connectivity index is 2.05. The van der Waals surface area contributed by atoms with Crippen molar-refractivity contribution in [2.75, 3.05) is 17.2 Å². The maximum absolute atomic E-state index is 13.5. The molecule has 5 heteroatoms. The van der Waals surface area contributed by atoms with Crippen LogP contribution in [0.25, 0.3) is 0 Å². The fourth-order valence-electron chi connectivity index (χ4n) is 2.22. The summed E-state index contributed by atoms with van der Waals surface area (Å²) in [6.45, 7) is 3.69. The lowest BCUT2D eigenvalue weighted by Crippen LogP contribution is -2.23. The minimum atomic E-state index is -0.724. The number of carbonyl (C=O) groups excluding carboxylic acids is 1. The summed E-state index contributed by atoms with van der Waals surface area (Å²) in [6.07, 6.45) is 0.784. The molecule has 0 unspecified atom stereocenters. The molecule has 1 amide bonds. The van der Waals surface area contributed by atoms with Gasteiger partial charge >= 0.3 is 0 Å². The summed E-state index contributed by atoms with van der Waals surface area (Å²) in [7, 11) is 0. The number of hydrogen-bond acceptors (Lipinski definition) is 2. The van der Waals surface area contributed by atoms with Crippen molar-refractivity contribution < 1.29 is 13.6 Å². The smallest absolute Gasteiger partial charge is 0.243 e. The van der Waals surface area contributed by atoms with Gasteiger partial charge in [-0.2, -0.15) is 0 Å². The van der Waals surface area contributed by atoms with Crippen molar-refractivity contribution >= 4 is 17.3 Å². The van der Waals surface area contributed by atoms with Crippen LogP contribution < -0.4 is 10.6 Å². The molecular weight excluding hydrogens is 286 g/mol. The van der Waals surface area contributed by atoms with E-state index in [1.165, 1.54) is 6.07 Å². The highest BCUT2D eigenvalue weighted by Crippen LogP contribution is 2.21. The van der Waals surface area contributed by atoms with Gasteiger partial charge in [0.25, 0.3) is 0 Å². The molecule has 0 radical (unpaired) electrons. The fraction of sp³-hybridized carbons (Fsp3) is 0.235. The molecule has 0 aromatic heterocycles. The van der Waals surface area contributed by atoms with E-state index in [0.717, 1.165) is 35.4 Å². The van der Waals surface area contributed by atoms with Crippen LogP contribution in [0.5, 0.6) is 0 Å². The topological polar surface area (TPSA) is 41.1 Å². The molecular formula is C17H18F2N2O. The summed E-state index contributed by atoms with van der Waals surface area (Å²) in [4.78, 5) is 12.0. The van der Waals surface area contributed by atoms with Crippen molar-refractivity contribution in [2.45, 2.75) is 20.3 Å². The molecule has 22 heavy (non-hydrogen) atoms. The van der Waals surface area contributed by atoms with Crippen LogP contribution >= 0.6 is 0 Å². The van der Waals surface area contributed by atoms with Gasteiger partial charge < -0.3 is 10.6 Å². The molecule has 2 N–H and O–H groups in total. The number of hydrogen-bond donors (Lipinski definition) is 2. The van der Waals surface area contributed by atoms with Crippen LogP contribution in [-0.2, 0) is 11.2 Å². The van der Waals surface area contributed by atoms with E-state index in [1.54, 1.807) is 0 Å². The van der Waals surface area contributed by atoms with E-state index in [9.17, 15) is 13.6 Å². The van der Waals surface area contributed by atoms with Gasteiger partial charge in [0.2, 0.25) is 5.91 Å². The number of amides is 1. The van der Waals surface area contributed by atoms with Crippen LogP contribution in [0.1, 0.15) is 18.1 Å². The Hall–Kier alpha value is -2.43. The zero-order valence-electron chi connectivity index (χ0n) is 12.5. The third-order valence-corrected chi connectivity index (χ3v) is 3.39. The van der Waals surface area contributed by atoms with Crippen LogP contribution in [0.3, 0.4) is 0 Å². The summed E-state index contributed by atoms with van der Waals surface area (Å²) >= 11 is 0. The predicted molar refractivity (Wildman–Crippen MR) is 84.0 cm³/mol. The molecule has 0 saturated heterocycles. The van der Waals surface area contributed by atoms with E-state index in [1.807, 2.05) is 32.0 Å². The first kappa shape index (κ1) is 15.9. The molecule has 116 valence electrons. The standard InChI is InChI=1S/C17H18F2N2O/c1-3-12-7-4-6-11(2)16(12)21-15(22)10-20-17-13(18)8-5-9-14(17)19/h4-9,20H,3,10H2,1-2H3,(H,21,22). The Bertz CT molecular complexity index is 666. The third kappa shape index (κ3) is 3.61. The van der Waals surface area contributed by atoms with E-state index in [0.29, 0.717) is 0 Å². The molecule has 2 rings (SSSR count). The Morgan fingerprint density at radius 3 is 2.32 bits per heavy atom. The average Bonchev–Trinajstić information content (AvgIpc) is 2.49. The first-order valence-electron chi connectivity index (χ1n) is 7.09. The number of halogens is 2. The molecule has 0 aliphatic rings. The number of anilines is 2. The van der Waals surface area contributed by atoms with E-state index in [2.05, 4.69) is 10.6 Å². The van der Waals surface area contributed by atoms with Gasteiger partial charge in [-0.15, -0.1) is 0 Å². The first-order chi connectivity index (χ1) is 10.5. The summed E-state index contributed by atoms with van der Waals surface area (Å²) < 4.78 is 27.0. The molecule has 0 atom stereocenters. The lowest BCUT2D eigenvalue weighted by molar-refractivity contribution is -0.114. The van der Waals surface area contributed by atoms with Gasteiger partial charge in [-0.1, -0.05) is 31.2 Å². The predicted octanol–water partition coefficient (Wildman–Crippen LogP) is 3.89. The Morgan fingerprint density at radius 2 is 1.68 bits per heavy atom. The van der Waals surface area contributed by atoms with Crippen molar-refractivity contribution in [3.8, 4) is 0 Å². The largest absolute Gasteiger partial charge is 0.371 e. The average molecular weight is 304 g/mol. The maximum atomic E-state index is 13.5.